The number of sulfonamides is 1. The first-order valence-electron chi connectivity index (χ1n) is 12.6. The molecule has 2 amide bonds. The van der Waals surface area contributed by atoms with Crippen LogP contribution in [0.3, 0.4) is 0 Å². The summed E-state index contributed by atoms with van der Waals surface area (Å²) in [5, 5.41) is 2.93. The van der Waals surface area contributed by atoms with Crippen molar-refractivity contribution < 1.29 is 22.7 Å². The number of nitrogens with one attached hydrogen (secondary N) is 1. The summed E-state index contributed by atoms with van der Waals surface area (Å²) in [4.78, 5) is 28.9. The smallest absolute Gasteiger partial charge is 0.244 e. The number of rotatable bonds is 13. The number of halogens is 1. The van der Waals surface area contributed by atoms with Gasteiger partial charge in [0, 0.05) is 24.0 Å². The lowest BCUT2D eigenvalue weighted by atomic mass is 10.0. The Morgan fingerprint density at radius 1 is 0.974 bits per heavy atom. The minimum absolute atomic E-state index is 0.121. The molecule has 10 heteroatoms. The average Bonchev–Trinajstić information content (AvgIpc) is 2.92. The van der Waals surface area contributed by atoms with Crippen LogP contribution >= 0.6 is 15.9 Å². The van der Waals surface area contributed by atoms with E-state index in [-0.39, 0.29) is 18.9 Å². The van der Waals surface area contributed by atoms with Crippen molar-refractivity contribution in [3.05, 3.63) is 94.5 Å². The number of hydrogen-bond donors (Lipinski definition) is 1. The van der Waals surface area contributed by atoms with Gasteiger partial charge in [0.1, 0.15) is 18.3 Å². The van der Waals surface area contributed by atoms with Crippen molar-refractivity contribution in [2.75, 3.05) is 30.8 Å². The van der Waals surface area contributed by atoms with Gasteiger partial charge in [-0.15, -0.1) is 0 Å². The van der Waals surface area contributed by atoms with Crippen molar-refractivity contribution in [2.24, 2.45) is 0 Å². The summed E-state index contributed by atoms with van der Waals surface area (Å²) in [6.07, 6.45) is 2.07. The molecule has 0 unspecified atom stereocenters. The van der Waals surface area contributed by atoms with E-state index in [1.807, 2.05) is 61.5 Å². The normalized spacial score (nSPS) is 11.9. The van der Waals surface area contributed by atoms with Crippen LogP contribution in [0.4, 0.5) is 5.69 Å². The molecule has 0 radical (unpaired) electrons. The Balaban J connectivity index is 2.03. The van der Waals surface area contributed by atoms with Crippen LogP contribution in [0, 0.1) is 0 Å². The van der Waals surface area contributed by atoms with Gasteiger partial charge in [-0.25, -0.2) is 8.42 Å². The quantitative estimate of drug-likeness (QED) is 0.308. The van der Waals surface area contributed by atoms with Crippen LogP contribution in [0.15, 0.2) is 83.3 Å². The molecule has 0 aliphatic rings. The van der Waals surface area contributed by atoms with Crippen molar-refractivity contribution in [1.29, 1.82) is 0 Å². The predicted molar refractivity (Wildman–Crippen MR) is 157 cm³/mol. The molecule has 0 bridgehead atoms. The lowest BCUT2D eigenvalue weighted by Gasteiger charge is -2.33. The third kappa shape index (κ3) is 8.83. The molecule has 0 aromatic heterocycles. The fourth-order valence-corrected chi connectivity index (χ4v) is 5.41. The molecule has 3 aromatic carbocycles. The number of carbonyl (C=O) groups excluding carboxylic acids is 2. The highest BCUT2D eigenvalue weighted by molar-refractivity contribution is 9.10. The number of hydrogen-bond acceptors (Lipinski definition) is 5. The van der Waals surface area contributed by atoms with Crippen molar-refractivity contribution in [3.8, 4) is 5.75 Å². The summed E-state index contributed by atoms with van der Waals surface area (Å²) in [6.45, 7) is 2.07. The maximum atomic E-state index is 14.0. The Kier molecular flexibility index (Phi) is 10.9. The average molecular weight is 617 g/mol. The van der Waals surface area contributed by atoms with Crippen LogP contribution < -0.4 is 14.4 Å². The molecular formula is C29H34BrN3O5S. The zero-order valence-corrected chi connectivity index (χ0v) is 24.7. The van der Waals surface area contributed by atoms with Crippen molar-refractivity contribution in [1.82, 2.24) is 10.2 Å². The highest BCUT2D eigenvalue weighted by atomic mass is 79.9. The van der Waals surface area contributed by atoms with E-state index >= 15 is 0 Å². The number of carbonyl (C=O) groups is 2. The molecule has 0 heterocycles. The Hall–Kier alpha value is -3.37. The molecule has 0 fully saturated rings. The minimum Gasteiger partial charge on any atom is -0.497 e. The van der Waals surface area contributed by atoms with Gasteiger partial charge in [0.25, 0.3) is 0 Å². The number of nitrogens with zero attached hydrogens (tertiary/aromatic N) is 2. The van der Waals surface area contributed by atoms with E-state index in [0.717, 1.165) is 32.6 Å². The van der Waals surface area contributed by atoms with Gasteiger partial charge in [-0.1, -0.05) is 65.3 Å². The Morgan fingerprint density at radius 3 is 2.23 bits per heavy atom. The molecule has 0 saturated heterocycles. The maximum absolute atomic E-state index is 14.0. The van der Waals surface area contributed by atoms with Gasteiger partial charge in [-0.05, 0) is 53.9 Å². The third-order valence-corrected chi connectivity index (χ3v) is 7.74. The summed E-state index contributed by atoms with van der Waals surface area (Å²) < 4.78 is 32.7. The highest BCUT2D eigenvalue weighted by Crippen LogP contribution is 2.23. The van der Waals surface area contributed by atoms with Gasteiger partial charge in [0.2, 0.25) is 21.8 Å². The van der Waals surface area contributed by atoms with Crippen LogP contribution in [0.1, 0.15) is 24.5 Å². The van der Waals surface area contributed by atoms with Gasteiger partial charge in [-0.2, -0.15) is 0 Å². The van der Waals surface area contributed by atoms with E-state index in [0.29, 0.717) is 18.0 Å². The fourth-order valence-electron chi connectivity index (χ4n) is 4.11. The summed E-state index contributed by atoms with van der Waals surface area (Å²) in [7, 11) is -2.31. The van der Waals surface area contributed by atoms with Gasteiger partial charge in [0.15, 0.2) is 0 Å². The standard InChI is InChI=1S/C29H34BrN3O5S/c1-4-17-31-29(35)27(19-22-9-6-5-7-10-22)32(20-23-11-8-12-24(30)18-23)28(34)21-33(39(3,36)37)25-13-15-26(38-2)16-14-25/h5-16,18,27H,4,17,19-21H2,1-3H3,(H,31,35)/t27-/m1/s1. The number of anilines is 1. The van der Waals surface area contributed by atoms with Crippen molar-refractivity contribution >= 4 is 43.5 Å². The number of amides is 2. The summed E-state index contributed by atoms with van der Waals surface area (Å²) >= 11 is 3.47. The fraction of sp³-hybridized carbons (Fsp3) is 0.310. The van der Waals surface area contributed by atoms with Crippen LogP contribution in [0.25, 0.3) is 0 Å². The zero-order chi connectivity index (χ0) is 28.4. The first-order valence-corrected chi connectivity index (χ1v) is 15.2. The molecule has 3 aromatic rings. The minimum atomic E-state index is -3.83. The topological polar surface area (TPSA) is 96.0 Å². The van der Waals surface area contributed by atoms with Crippen LogP contribution in [0.2, 0.25) is 0 Å². The molecule has 1 N–H and O–H groups in total. The van der Waals surface area contributed by atoms with Crippen molar-refractivity contribution in [3.63, 3.8) is 0 Å². The molecule has 0 aliphatic heterocycles. The molecule has 208 valence electrons. The second-order valence-electron chi connectivity index (χ2n) is 9.12. The van der Waals surface area contributed by atoms with Crippen molar-refractivity contribution in [2.45, 2.75) is 32.4 Å². The number of ether oxygens (including phenoxy) is 1. The van der Waals surface area contributed by atoms with Crippen LogP contribution in [-0.2, 0) is 32.6 Å². The lowest BCUT2D eigenvalue weighted by molar-refractivity contribution is -0.140. The van der Waals surface area contributed by atoms with E-state index in [4.69, 9.17) is 4.74 Å². The second-order valence-corrected chi connectivity index (χ2v) is 11.9. The molecule has 1 atom stereocenters. The van der Waals surface area contributed by atoms with Gasteiger partial charge < -0.3 is 15.0 Å². The number of methoxy groups -OCH3 is 1. The highest BCUT2D eigenvalue weighted by Gasteiger charge is 2.33. The SMILES string of the molecule is CCCNC(=O)[C@@H](Cc1ccccc1)N(Cc1cccc(Br)c1)C(=O)CN(c1ccc(OC)cc1)S(C)(=O)=O. The van der Waals surface area contributed by atoms with Crippen LogP contribution in [-0.4, -0.2) is 57.6 Å². The van der Waals surface area contributed by atoms with E-state index in [9.17, 15) is 18.0 Å². The van der Waals surface area contributed by atoms with Gasteiger partial charge in [-0.3, -0.25) is 13.9 Å². The van der Waals surface area contributed by atoms with E-state index in [1.54, 1.807) is 24.3 Å². The first-order chi connectivity index (χ1) is 18.6. The Labute approximate surface area is 239 Å². The van der Waals surface area contributed by atoms with E-state index < -0.39 is 28.5 Å². The second kappa shape index (κ2) is 14.1. The summed E-state index contributed by atoms with van der Waals surface area (Å²) in [6, 6.07) is 22.5. The molecule has 0 spiro atoms. The Morgan fingerprint density at radius 2 is 1.64 bits per heavy atom. The maximum Gasteiger partial charge on any atom is 0.244 e. The molecule has 0 saturated carbocycles. The largest absolute Gasteiger partial charge is 0.497 e. The predicted octanol–water partition coefficient (Wildman–Crippen LogP) is 4.39. The number of benzene rings is 3. The van der Waals surface area contributed by atoms with Gasteiger partial charge in [0.05, 0.1) is 19.1 Å². The molecule has 0 aliphatic carbocycles. The van der Waals surface area contributed by atoms with E-state index in [2.05, 4.69) is 21.2 Å². The van der Waals surface area contributed by atoms with Crippen LogP contribution in [0.5, 0.6) is 5.75 Å². The van der Waals surface area contributed by atoms with Gasteiger partial charge >= 0.3 is 0 Å². The monoisotopic (exact) mass is 615 g/mol. The third-order valence-electron chi connectivity index (χ3n) is 6.10. The summed E-state index contributed by atoms with van der Waals surface area (Å²) in [5.74, 6) is -0.228. The molecular weight excluding hydrogens is 582 g/mol. The molecule has 8 nitrogen and oxygen atoms in total. The summed E-state index contributed by atoms with van der Waals surface area (Å²) in [5.41, 5.74) is 2.01. The molecule has 39 heavy (non-hydrogen) atoms. The lowest BCUT2D eigenvalue weighted by Crippen LogP contribution is -2.53. The van der Waals surface area contributed by atoms with E-state index in [1.165, 1.54) is 12.0 Å². The Bertz CT molecular complexity index is 1350. The first kappa shape index (κ1) is 30.2. The zero-order valence-electron chi connectivity index (χ0n) is 22.3. The molecule has 3 rings (SSSR count).